The smallest absolute Gasteiger partial charge is 0.453 e. The first kappa shape index (κ1) is 25.3. The predicted octanol–water partition coefficient (Wildman–Crippen LogP) is 5.53. The number of alkyl halides is 3. The molecule has 2 aromatic carbocycles. The lowest BCUT2D eigenvalue weighted by atomic mass is 10.1. The molecule has 0 aliphatic carbocycles. The summed E-state index contributed by atoms with van der Waals surface area (Å²) >= 11 is 0. The summed E-state index contributed by atoms with van der Waals surface area (Å²) in [7, 11) is 0. The molecule has 11 heteroatoms. The first-order valence-electron chi connectivity index (χ1n) is 11.6. The van der Waals surface area contributed by atoms with E-state index in [9.17, 15) is 22.8 Å². The summed E-state index contributed by atoms with van der Waals surface area (Å²) < 4.78 is 63.6. The largest absolute Gasteiger partial charge is 0.478 e. The molecule has 196 valence electrons. The van der Waals surface area contributed by atoms with E-state index in [1.807, 2.05) is 17.0 Å². The summed E-state index contributed by atoms with van der Waals surface area (Å²) in [6, 6.07) is 13.5. The van der Waals surface area contributed by atoms with E-state index in [2.05, 4.69) is 4.98 Å². The van der Waals surface area contributed by atoms with Crippen LogP contribution in [-0.4, -0.2) is 29.2 Å². The molecule has 0 unspecified atom stereocenters. The number of carbonyl (C=O) groups is 1. The van der Waals surface area contributed by atoms with Crippen LogP contribution >= 0.6 is 0 Å². The van der Waals surface area contributed by atoms with Gasteiger partial charge >= 0.3 is 12.1 Å². The summed E-state index contributed by atoms with van der Waals surface area (Å²) in [4.78, 5) is 31.2. The normalized spacial score (nSPS) is 13.6. The molecule has 8 nitrogen and oxygen atoms in total. The number of hydrogen-bond acceptors (Lipinski definition) is 8. The SMILES string of the molecule is CCOC(=O)c1ccc(Oc2c(C(F)(F)F)oc3c4c(ccc3c2=O)OCN(Cc2ccccn2)C4)cc1. The van der Waals surface area contributed by atoms with Crippen molar-refractivity contribution in [2.45, 2.75) is 26.2 Å². The van der Waals surface area contributed by atoms with Crippen LogP contribution in [0, 0.1) is 0 Å². The molecule has 0 amide bonds. The van der Waals surface area contributed by atoms with E-state index < -0.39 is 29.1 Å². The molecule has 3 heterocycles. The highest BCUT2D eigenvalue weighted by atomic mass is 19.4. The summed E-state index contributed by atoms with van der Waals surface area (Å²) in [6.45, 7) is 2.57. The molecular formula is C27H21F3N2O6. The lowest BCUT2D eigenvalue weighted by Gasteiger charge is -2.29. The van der Waals surface area contributed by atoms with Crippen molar-refractivity contribution < 1.29 is 36.6 Å². The van der Waals surface area contributed by atoms with Gasteiger partial charge in [-0.3, -0.25) is 14.7 Å². The molecule has 0 saturated heterocycles. The number of esters is 1. The minimum Gasteiger partial charge on any atom is -0.478 e. The molecular weight excluding hydrogens is 505 g/mol. The quantitative estimate of drug-likeness (QED) is 0.303. The minimum atomic E-state index is -5.03. The Morgan fingerprint density at radius 3 is 2.58 bits per heavy atom. The van der Waals surface area contributed by atoms with Crippen molar-refractivity contribution in [3.8, 4) is 17.2 Å². The molecule has 0 fully saturated rings. The molecule has 38 heavy (non-hydrogen) atoms. The maximum absolute atomic E-state index is 14.1. The third-order valence-electron chi connectivity index (χ3n) is 5.82. The van der Waals surface area contributed by atoms with E-state index in [0.29, 0.717) is 17.9 Å². The van der Waals surface area contributed by atoms with Gasteiger partial charge in [-0.1, -0.05) is 6.07 Å². The molecule has 0 N–H and O–H groups in total. The van der Waals surface area contributed by atoms with Crippen LogP contribution < -0.4 is 14.9 Å². The summed E-state index contributed by atoms with van der Waals surface area (Å²) in [5.41, 5.74) is 0.0374. The highest BCUT2D eigenvalue weighted by Crippen LogP contribution is 2.41. The summed E-state index contributed by atoms with van der Waals surface area (Å²) in [5.74, 6) is -2.92. The molecule has 0 spiro atoms. The van der Waals surface area contributed by atoms with Gasteiger partial charge in [-0.15, -0.1) is 0 Å². The monoisotopic (exact) mass is 526 g/mol. The van der Waals surface area contributed by atoms with Crippen molar-refractivity contribution in [2.75, 3.05) is 13.3 Å². The van der Waals surface area contributed by atoms with Crippen LogP contribution in [0.15, 0.2) is 70.0 Å². The number of ether oxygens (including phenoxy) is 3. The van der Waals surface area contributed by atoms with Crippen molar-refractivity contribution in [3.63, 3.8) is 0 Å². The van der Waals surface area contributed by atoms with Crippen molar-refractivity contribution in [3.05, 3.63) is 93.6 Å². The maximum atomic E-state index is 14.1. The van der Waals surface area contributed by atoms with Crippen molar-refractivity contribution >= 4 is 16.9 Å². The molecule has 5 rings (SSSR count). The molecule has 0 bridgehead atoms. The predicted molar refractivity (Wildman–Crippen MR) is 129 cm³/mol. The fraction of sp³-hybridized carbons (Fsp3) is 0.222. The zero-order chi connectivity index (χ0) is 26.9. The van der Waals surface area contributed by atoms with E-state index in [1.54, 1.807) is 19.2 Å². The Hall–Kier alpha value is -4.38. The number of aromatic nitrogens is 1. The van der Waals surface area contributed by atoms with Crippen molar-refractivity contribution in [1.29, 1.82) is 0 Å². The van der Waals surface area contributed by atoms with Gasteiger partial charge in [0.25, 0.3) is 5.76 Å². The van der Waals surface area contributed by atoms with Gasteiger partial charge in [0.1, 0.15) is 23.8 Å². The van der Waals surface area contributed by atoms with Crippen molar-refractivity contribution in [2.24, 2.45) is 0 Å². The van der Waals surface area contributed by atoms with Gasteiger partial charge in [0.15, 0.2) is 0 Å². The number of carbonyl (C=O) groups excluding carboxylic acids is 1. The Labute approximate surface area is 214 Å². The number of nitrogens with zero attached hydrogens (tertiary/aromatic N) is 2. The number of fused-ring (bicyclic) bond motifs is 3. The third-order valence-corrected chi connectivity index (χ3v) is 5.82. The number of rotatable bonds is 6. The fourth-order valence-corrected chi connectivity index (χ4v) is 4.09. The third kappa shape index (κ3) is 5.05. The lowest BCUT2D eigenvalue weighted by Crippen LogP contribution is -2.32. The van der Waals surface area contributed by atoms with E-state index in [4.69, 9.17) is 18.6 Å². The lowest BCUT2D eigenvalue weighted by molar-refractivity contribution is -0.154. The molecule has 4 aromatic rings. The Kier molecular flexibility index (Phi) is 6.77. The Morgan fingerprint density at radius 2 is 1.89 bits per heavy atom. The molecule has 1 aliphatic heterocycles. The molecule has 0 saturated carbocycles. The van der Waals surface area contributed by atoms with Crippen LogP contribution in [0.3, 0.4) is 0 Å². The second-order valence-corrected chi connectivity index (χ2v) is 8.43. The van der Waals surface area contributed by atoms with Crippen LogP contribution in [0.25, 0.3) is 11.0 Å². The second kappa shape index (κ2) is 10.2. The maximum Gasteiger partial charge on any atom is 0.453 e. The van der Waals surface area contributed by atoms with E-state index in [1.165, 1.54) is 36.4 Å². The van der Waals surface area contributed by atoms with Crippen LogP contribution in [0.4, 0.5) is 13.2 Å². The highest BCUT2D eigenvalue weighted by Gasteiger charge is 2.41. The van der Waals surface area contributed by atoms with Gasteiger partial charge in [0.05, 0.1) is 28.8 Å². The van der Waals surface area contributed by atoms with Gasteiger partial charge in [0.2, 0.25) is 11.2 Å². The van der Waals surface area contributed by atoms with Gasteiger partial charge < -0.3 is 18.6 Å². The molecule has 0 atom stereocenters. The van der Waals surface area contributed by atoms with E-state index >= 15 is 0 Å². The average Bonchev–Trinajstić information content (AvgIpc) is 2.90. The van der Waals surface area contributed by atoms with Crippen LogP contribution in [-0.2, 0) is 24.0 Å². The standard InChI is InChI=1S/C27H21F3N2O6/c1-2-35-26(34)16-6-8-18(9-7-16)37-24-22(33)19-10-11-21-20(23(19)38-25(24)27(28,29)30)14-32(15-36-21)13-17-5-3-4-12-31-17/h3-12H,2,13-15H2,1H3. The average molecular weight is 526 g/mol. The van der Waals surface area contributed by atoms with Crippen LogP contribution in [0.2, 0.25) is 0 Å². The van der Waals surface area contributed by atoms with E-state index in [0.717, 1.165) is 5.69 Å². The first-order chi connectivity index (χ1) is 18.2. The number of pyridine rings is 1. The zero-order valence-electron chi connectivity index (χ0n) is 20.1. The van der Waals surface area contributed by atoms with Crippen LogP contribution in [0.5, 0.6) is 17.2 Å². The minimum absolute atomic E-state index is 0.0850. The van der Waals surface area contributed by atoms with Gasteiger partial charge in [-0.25, -0.2) is 4.79 Å². The summed E-state index contributed by atoms with van der Waals surface area (Å²) in [6.07, 6.45) is -3.39. The van der Waals surface area contributed by atoms with E-state index in [-0.39, 0.29) is 42.2 Å². The molecule has 0 radical (unpaired) electrons. The molecule has 2 aromatic heterocycles. The topological polar surface area (TPSA) is 91.1 Å². The van der Waals surface area contributed by atoms with Gasteiger partial charge in [-0.2, -0.15) is 13.2 Å². The molecule has 1 aliphatic rings. The Morgan fingerprint density at radius 1 is 1.11 bits per heavy atom. The fourth-order valence-electron chi connectivity index (χ4n) is 4.09. The zero-order valence-corrected chi connectivity index (χ0v) is 20.1. The van der Waals surface area contributed by atoms with Crippen molar-refractivity contribution in [1.82, 2.24) is 9.88 Å². The van der Waals surface area contributed by atoms with Crippen LogP contribution in [0.1, 0.15) is 34.3 Å². The number of benzene rings is 2. The van der Waals surface area contributed by atoms with Gasteiger partial charge in [0, 0.05) is 19.3 Å². The Balaban J connectivity index is 1.53. The summed E-state index contributed by atoms with van der Waals surface area (Å²) in [5, 5.41) is -0.0850. The number of halogens is 3. The van der Waals surface area contributed by atoms with Gasteiger partial charge in [-0.05, 0) is 55.5 Å². The Bertz CT molecular complexity index is 1540. The highest BCUT2D eigenvalue weighted by molar-refractivity contribution is 5.89. The number of hydrogen-bond donors (Lipinski definition) is 0. The second-order valence-electron chi connectivity index (χ2n) is 8.43. The first-order valence-corrected chi connectivity index (χ1v) is 11.6.